The van der Waals surface area contributed by atoms with Crippen molar-refractivity contribution in [1.29, 1.82) is 0 Å². The molecule has 5 nitrogen and oxygen atoms in total. The zero-order valence-corrected chi connectivity index (χ0v) is 12.5. The average molecular weight is 322 g/mol. The summed E-state index contributed by atoms with van der Waals surface area (Å²) >= 11 is 7.46. The van der Waals surface area contributed by atoms with Gasteiger partial charge < -0.3 is 10.1 Å². The average Bonchev–Trinajstić information content (AvgIpc) is 2.54. The van der Waals surface area contributed by atoms with Crippen LogP contribution in [0.1, 0.15) is 20.8 Å². The van der Waals surface area contributed by atoms with Crippen LogP contribution >= 0.6 is 28.6 Å². The van der Waals surface area contributed by atoms with Crippen LogP contribution < -0.4 is 0 Å². The quantitative estimate of drug-likeness (QED) is 0.526. The normalized spacial score (nSPS) is 13.7. The molecule has 0 bridgehead atoms. The minimum atomic E-state index is -0.493. The monoisotopic (exact) mass is 321 g/mol. The lowest BCUT2D eigenvalue weighted by Gasteiger charge is -2.28. The molecule has 0 radical (unpaired) electrons. The molecule has 1 aromatic rings. The van der Waals surface area contributed by atoms with E-state index in [0.717, 1.165) is 5.75 Å². The van der Waals surface area contributed by atoms with Gasteiger partial charge in [-0.25, -0.2) is 0 Å². The molecule has 1 atom stereocenters. The summed E-state index contributed by atoms with van der Waals surface area (Å²) in [5.74, 6) is 0.878. The maximum Gasteiger partial charge on any atom is 0.404 e. The smallest absolute Gasteiger partial charge is 0.358 e. The van der Waals surface area contributed by atoms with E-state index in [4.69, 9.17) is 0 Å². The summed E-state index contributed by atoms with van der Waals surface area (Å²) in [4.78, 5) is 10.2. The molecule has 17 heavy (non-hydrogen) atoms. The van der Waals surface area contributed by atoms with Gasteiger partial charge in [-0.3, -0.25) is 0 Å². The van der Waals surface area contributed by atoms with E-state index in [1.165, 1.54) is 0 Å². The predicted octanol–water partition coefficient (Wildman–Crippen LogP) is 3.15. The molecule has 0 saturated carbocycles. The molecular formula is C10H16BrN3O2S. The number of hydrogen-bond donors (Lipinski definition) is 1. The molecule has 0 aromatic carbocycles. The van der Waals surface area contributed by atoms with E-state index in [1.807, 2.05) is 0 Å². The van der Waals surface area contributed by atoms with Crippen molar-refractivity contribution in [3.63, 3.8) is 0 Å². The highest BCUT2D eigenvalue weighted by Gasteiger charge is 2.27. The largest absolute Gasteiger partial charge is 0.404 e. The van der Waals surface area contributed by atoms with Crippen LogP contribution in [-0.4, -0.2) is 20.5 Å². The van der Waals surface area contributed by atoms with E-state index >= 15 is 0 Å². The van der Waals surface area contributed by atoms with Crippen LogP contribution in [0.5, 0.6) is 0 Å². The highest BCUT2D eigenvalue weighted by Crippen LogP contribution is 2.29. The van der Waals surface area contributed by atoms with Crippen molar-refractivity contribution in [2.75, 3.05) is 5.75 Å². The zero-order valence-electron chi connectivity index (χ0n) is 10.1. The number of rotatable bonds is 4. The van der Waals surface area contributed by atoms with Crippen molar-refractivity contribution < 1.29 is 4.92 Å². The van der Waals surface area contributed by atoms with Gasteiger partial charge in [-0.1, -0.05) is 20.8 Å². The molecule has 0 aliphatic carbocycles. The van der Waals surface area contributed by atoms with E-state index in [1.54, 1.807) is 10.9 Å². The van der Waals surface area contributed by atoms with Gasteiger partial charge in [0.25, 0.3) is 0 Å². The van der Waals surface area contributed by atoms with Gasteiger partial charge in [0, 0.05) is 0 Å². The van der Waals surface area contributed by atoms with Crippen LogP contribution in [0.4, 0.5) is 5.82 Å². The molecule has 0 amide bonds. The molecule has 1 unspecified atom stereocenters. The molecule has 96 valence electrons. The third-order valence-corrected chi connectivity index (χ3v) is 3.72. The summed E-state index contributed by atoms with van der Waals surface area (Å²) in [6.45, 7) is 7.00. The number of halogens is 1. The molecule has 0 aliphatic heterocycles. The Balaban J connectivity index is 2.88. The Morgan fingerprint density at radius 3 is 2.59 bits per heavy atom. The van der Waals surface area contributed by atoms with Crippen molar-refractivity contribution in [3.8, 4) is 0 Å². The van der Waals surface area contributed by atoms with Crippen molar-refractivity contribution in [3.05, 3.63) is 20.8 Å². The fourth-order valence-corrected chi connectivity index (χ4v) is 2.56. The second-order valence-corrected chi connectivity index (χ2v) is 6.24. The number of thiol groups is 1. The van der Waals surface area contributed by atoms with Crippen LogP contribution in [0.15, 0.2) is 10.7 Å². The molecule has 7 heteroatoms. The Bertz CT molecular complexity index is 414. The number of nitro groups is 1. The summed E-state index contributed by atoms with van der Waals surface area (Å²) < 4.78 is 2.02. The number of aromatic nitrogens is 2. The van der Waals surface area contributed by atoms with Crippen LogP contribution in [0, 0.1) is 21.4 Å². The van der Waals surface area contributed by atoms with Gasteiger partial charge in [-0.15, -0.1) is 0 Å². The summed E-state index contributed by atoms with van der Waals surface area (Å²) in [6, 6.07) is 0. The third-order valence-electron chi connectivity index (χ3n) is 2.72. The fourth-order valence-electron chi connectivity index (χ4n) is 1.44. The highest BCUT2D eigenvalue weighted by molar-refractivity contribution is 9.10. The Labute approximate surface area is 114 Å². The lowest BCUT2D eigenvalue weighted by Crippen LogP contribution is -2.27. The minimum Gasteiger partial charge on any atom is -0.358 e. The first-order valence-corrected chi connectivity index (χ1v) is 6.66. The standard InChI is InChI=1S/C10H16BrN3O2S/c1-10(2,3)7(6-17)4-13-5-8(11)9(12-13)14(15)16/h5,7,17H,4,6H2,1-3H3. The highest BCUT2D eigenvalue weighted by atomic mass is 79.9. The summed E-state index contributed by atoms with van der Waals surface area (Å²) in [5, 5.41) is 14.6. The molecule has 0 N–H and O–H groups in total. The fraction of sp³-hybridized carbons (Fsp3) is 0.700. The Morgan fingerprint density at radius 2 is 2.24 bits per heavy atom. The van der Waals surface area contributed by atoms with Crippen molar-refractivity contribution in [2.45, 2.75) is 27.3 Å². The van der Waals surface area contributed by atoms with E-state index in [-0.39, 0.29) is 11.2 Å². The summed E-state index contributed by atoms with van der Waals surface area (Å²) in [5.41, 5.74) is 0.0922. The van der Waals surface area contributed by atoms with E-state index in [9.17, 15) is 10.1 Å². The van der Waals surface area contributed by atoms with Gasteiger partial charge in [-0.05, 0) is 37.9 Å². The van der Waals surface area contributed by atoms with Crippen LogP contribution in [0.3, 0.4) is 0 Å². The third kappa shape index (κ3) is 3.70. The van der Waals surface area contributed by atoms with Crippen LogP contribution in [0.25, 0.3) is 0 Å². The molecular weight excluding hydrogens is 306 g/mol. The maximum absolute atomic E-state index is 10.7. The van der Waals surface area contributed by atoms with Gasteiger partial charge in [0.15, 0.2) is 0 Å². The first kappa shape index (κ1) is 14.5. The van der Waals surface area contributed by atoms with Crippen molar-refractivity contribution >= 4 is 34.4 Å². The second-order valence-electron chi connectivity index (χ2n) is 5.03. The number of hydrogen-bond acceptors (Lipinski definition) is 4. The summed E-state index contributed by atoms with van der Waals surface area (Å²) in [7, 11) is 0. The SMILES string of the molecule is CC(C)(C)C(CS)Cn1cc(Br)c([N+](=O)[O-])n1. The molecule has 1 aromatic heterocycles. The van der Waals surface area contributed by atoms with E-state index in [0.29, 0.717) is 16.9 Å². The van der Waals surface area contributed by atoms with Crippen LogP contribution in [0.2, 0.25) is 0 Å². The zero-order chi connectivity index (χ0) is 13.2. The van der Waals surface area contributed by atoms with E-state index in [2.05, 4.69) is 54.4 Å². The Hall–Kier alpha value is -0.560. The maximum atomic E-state index is 10.7. The van der Waals surface area contributed by atoms with Crippen molar-refractivity contribution in [2.24, 2.45) is 11.3 Å². The van der Waals surface area contributed by atoms with Gasteiger partial charge in [0.1, 0.15) is 4.47 Å². The molecule has 1 rings (SSSR count). The molecule has 0 aliphatic rings. The molecule has 0 saturated heterocycles. The summed E-state index contributed by atoms with van der Waals surface area (Å²) in [6.07, 6.45) is 1.64. The first-order chi connectivity index (χ1) is 7.75. The second kappa shape index (κ2) is 5.39. The lowest BCUT2D eigenvalue weighted by molar-refractivity contribution is -0.390. The molecule has 1 heterocycles. The topological polar surface area (TPSA) is 61.0 Å². The molecule has 0 fully saturated rings. The van der Waals surface area contributed by atoms with Gasteiger partial charge in [-0.2, -0.15) is 17.3 Å². The molecule has 0 spiro atoms. The first-order valence-electron chi connectivity index (χ1n) is 5.24. The number of nitrogens with zero attached hydrogens (tertiary/aromatic N) is 3. The Kier molecular flexibility index (Phi) is 4.60. The van der Waals surface area contributed by atoms with Crippen LogP contribution in [-0.2, 0) is 6.54 Å². The van der Waals surface area contributed by atoms with E-state index < -0.39 is 4.92 Å². The van der Waals surface area contributed by atoms with Gasteiger partial charge in [0.2, 0.25) is 0 Å². The Morgan fingerprint density at radius 1 is 1.65 bits per heavy atom. The van der Waals surface area contributed by atoms with Crippen molar-refractivity contribution in [1.82, 2.24) is 9.78 Å². The minimum absolute atomic E-state index is 0.0922. The van der Waals surface area contributed by atoms with Gasteiger partial charge in [0.05, 0.1) is 17.8 Å². The van der Waals surface area contributed by atoms with Gasteiger partial charge >= 0.3 is 5.82 Å². The lowest BCUT2D eigenvalue weighted by atomic mass is 9.82. The predicted molar refractivity (Wildman–Crippen MR) is 73.4 cm³/mol.